The summed E-state index contributed by atoms with van der Waals surface area (Å²) in [6, 6.07) is -1.27. The first-order valence-corrected chi connectivity index (χ1v) is 7.56. The first kappa shape index (κ1) is 14.8. The molecule has 1 saturated heterocycles. The van der Waals surface area contributed by atoms with Crippen LogP contribution in [0.15, 0.2) is 11.6 Å². The highest BCUT2D eigenvalue weighted by molar-refractivity contribution is 7.09. The first-order valence-electron chi connectivity index (χ1n) is 6.68. The lowest BCUT2D eigenvalue weighted by atomic mass is 9.93. The number of aliphatic carboxylic acids is 1. The predicted molar refractivity (Wildman–Crippen MR) is 75.6 cm³/mol. The van der Waals surface area contributed by atoms with Crippen molar-refractivity contribution in [3.63, 3.8) is 0 Å². The van der Waals surface area contributed by atoms with E-state index in [4.69, 9.17) is 0 Å². The molecule has 1 fully saturated rings. The number of thiazole rings is 1. The molecule has 2 rings (SSSR count). The van der Waals surface area contributed by atoms with Gasteiger partial charge in [-0.15, -0.1) is 11.3 Å². The molecule has 0 bridgehead atoms. The number of carbonyl (C=O) groups excluding carboxylic acids is 1. The van der Waals surface area contributed by atoms with Crippen LogP contribution in [0.3, 0.4) is 0 Å². The number of carboxylic acid groups (broad SMARTS) is 1. The Morgan fingerprint density at radius 3 is 2.95 bits per heavy atom. The van der Waals surface area contributed by atoms with Crippen LogP contribution >= 0.6 is 11.3 Å². The molecule has 0 saturated carbocycles. The van der Waals surface area contributed by atoms with Gasteiger partial charge in [0.2, 0.25) is 0 Å². The number of nitrogens with zero attached hydrogens (tertiary/aromatic N) is 2. The highest BCUT2D eigenvalue weighted by Gasteiger charge is 2.35. The molecule has 0 aliphatic carbocycles. The Hall–Kier alpha value is -1.63. The number of carboxylic acids is 1. The van der Waals surface area contributed by atoms with Crippen molar-refractivity contribution in [2.45, 2.75) is 38.8 Å². The number of carbonyl (C=O) groups is 2. The van der Waals surface area contributed by atoms with Crippen LogP contribution in [0.5, 0.6) is 0 Å². The molecule has 20 heavy (non-hydrogen) atoms. The topological polar surface area (TPSA) is 82.5 Å². The molecule has 2 heterocycles. The molecule has 7 heteroatoms. The summed E-state index contributed by atoms with van der Waals surface area (Å²) < 4.78 is 0. The van der Waals surface area contributed by atoms with Crippen molar-refractivity contribution in [2.75, 3.05) is 6.54 Å². The number of urea groups is 1. The van der Waals surface area contributed by atoms with E-state index in [1.807, 2.05) is 19.2 Å². The van der Waals surface area contributed by atoms with Gasteiger partial charge in [0.15, 0.2) is 0 Å². The third kappa shape index (κ3) is 3.27. The highest BCUT2D eigenvalue weighted by atomic mass is 32.1. The number of nitrogens with one attached hydrogen (secondary N) is 1. The standard InChI is InChI=1S/C13H19N3O3S/c1-8-3-5-16(10(7-8)12(17)18)13(19)15-9(2)11-14-4-6-20-11/h4,6,8-10H,3,5,7H2,1-2H3,(H,15,19)(H,17,18). The Balaban J connectivity index is 2.01. The second-order valence-corrected chi connectivity index (χ2v) is 6.14. The fraction of sp³-hybridized carbons (Fsp3) is 0.615. The van der Waals surface area contributed by atoms with Gasteiger partial charge in [0.1, 0.15) is 11.0 Å². The molecule has 1 aliphatic rings. The van der Waals surface area contributed by atoms with Crippen LogP contribution in [-0.4, -0.2) is 39.6 Å². The number of rotatable bonds is 3. The molecule has 6 nitrogen and oxygen atoms in total. The van der Waals surface area contributed by atoms with Gasteiger partial charge < -0.3 is 15.3 Å². The molecule has 1 aromatic rings. The summed E-state index contributed by atoms with van der Waals surface area (Å²) in [6.07, 6.45) is 3.03. The lowest BCUT2D eigenvalue weighted by Gasteiger charge is -2.36. The predicted octanol–water partition coefficient (Wildman–Crippen LogP) is 2.10. The summed E-state index contributed by atoms with van der Waals surface area (Å²) in [7, 11) is 0. The van der Waals surface area contributed by atoms with E-state index in [9.17, 15) is 14.7 Å². The molecule has 0 spiro atoms. The Morgan fingerprint density at radius 1 is 1.60 bits per heavy atom. The number of piperidine rings is 1. The number of amides is 2. The monoisotopic (exact) mass is 297 g/mol. The summed E-state index contributed by atoms with van der Waals surface area (Å²) in [5.41, 5.74) is 0. The normalized spacial score (nSPS) is 24.2. The molecular weight excluding hydrogens is 278 g/mol. The minimum Gasteiger partial charge on any atom is -0.480 e. The summed E-state index contributed by atoms with van der Waals surface area (Å²) >= 11 is 1.47. The van der Waals surface area contributed by atoms with Gasteiger partial charge in [-0.2, -0.15) is 0 Å². The fourth-order valence-corrected chi connectivity index (χ4v) is 3.04. The van der Waals surface area contributed by atoms with Crippen molar-refractivity contribution in [2.24, 2.45) is 5.92 Å². The van der Waals surface area contributed by atoms with Crippen LogP contribution in [0.2, 0.25) is 0 Å². The quantitative estimate of drug-likeness (QED) is 0.895. The van der Waals surface area contributed by atoms with E-state index >= 15 is 0 Å². The van der Waals surface area contributed by atoms with Crippen LogP contribution in [0.1, 0.15) is 37.7 Å². The molecule has 2 amide bonds. The Labute approximate surface area is 121 Å². The van der Waals surface area contributed by atoms with Gasteiger partial charge in [-0.1, -0.05) is 6.92 Å². The first-order chi connectivity index (χ1) is 9.49. The fourth-order valence-electron chi connectivity index (χ4n) is 2.40. The van der Waals surface area contributed by atoms with Crippen LogP contribution in [-0.2, 0) is 4.79 Å². The maximum absolute atomic E-state index is 12.3. The lowest BCUT2D eigenvalue weighted by Crippen LogP contribution is -2.53. The molecule has 1 aromatic heterocycles. The van der Waals surface area contributed by atoms with Gasteiger partial charge in [-0.25, -0.2) is 14.6 Å². The zero-order chi connectivity index (χ0) is 14.7. The maximum atomic E-state index is 12.3. The third-order valence-corrected chi connectivity index (χ3v) is 4.53. The zero-order valence-corrected chi connectivity index (χ0v) is 12.4. The minimum atomic E-state index is -0.936. The van der Waals surface area contributed by atoms with Crippen molar-refractivity contribution in [3.8, 4) is 0 Å². The molecule has 1 aliphatic heterocycles. The summed E-state index contributed by atoms with van der Waals surface area (Å²) in [4.78, 5) is 29.1. The van der Waals surface area contributed by atoms with Gasteiger partial charge >= 0.3 is 12.0 Å². The van der Waals surface area contributed by atoms with Gasteiger partial charge in [0, 0.05) is 18.1 Å². The number of likely N-dealkylation sites (tertiary alicyclic amines) is 1. The highest BCUT2D eigenvalue weighted by Crippen LogP contribution is 2.23. The van der Waals surface area contributed by atoms with Crippen LogP contribution in [0.4, 0.5) is 4.79 Å². The molecule has 2 N–H and O–H groups in total. The molecule has 0 radical (unpaired) electrons. The van der Waals surface area contributed by atoms with E-state index in [0.29, 0.717) is 18.9 Å². The average Bonchev–Trinajstić information content (AvgIpc) is 2.92. The van der Waals surface area contributed by atoms with Crippen LogP contribution in [0.25, 0.3) is 0 Å². The summed E-state index contributed by atoms with van der Waals surface area (Å²) in [5.74, 6) is -0.606. The van der Waals surface area contributed by atoms with Crippen LogP contribution < -0.4 is 5.32 Å². The zero-order valence-electron chi connectivity index (χ0n) is 11.6. The second-order valence-electron chi connectivity index (χ2n) is 5.22. The number of hydrogen-bond acceptors (Lipinski definition) is 4. The average molecular weight is 297 g/mol. The van der Waals surface area contributed by atoms with Gasteiger partial charge in [0.25, 0.3) is 0 Å². The van der Waals surface area contributed by atoms with Gasteiger partial charge in [-0.05, 0) is 25.7 Å². The smallest absolute Gasteiger partial charge is 0.326 e. The van der Waals surface area contributed by atoms with Gasteiger partial charge in [0.05, 0.1) is 6.04 Å². The second kappa shape index (κ2) is 6.21. The van der Waals surface area contributed by atoms with E-state index in [2.05, 4.69) is 10.3 Å². The molecule has 110 valence electrons. The van der Waals surface area contributed by atoms with Gasteiger partial charge in [-0.3, -0.25) is 0 Å². The molecule has 0 aromatic carbocycles. The Morgan fingerprint density at radius 2 is 2.35 bits per heavy atom. The maximum Gasteiger partial charge on any atom is 0.326 e. The van der Waals surface area contributed by atoms with Crippen molar-refractivity contribution in [3.05, 3.63) is 16.6 Å². The third-order valence-electron chi connectivity index (χ3n) is 3.57. The molecule has 3 atom stereocenters. The van der Waals surface area contributed by atoms with E-state index < -0.39 is 12.0 Å². The van der Waals surface area contributed by atoms with Crippen molar-refractivity contribution in [1.29, 1.82) is 0 Å². The van der Waals surface area contributed by atoms with E-state index in [-0.39, 0.29) is 12.1 Å². The Kier molecular flexibility index (Phi) is 4.59. The largest absolute Gasteiger partial charge is 0.480 e. The lowest BCUT2D eigenvalue weighted by molar-refractivity contribution is -0.143. The number of aromatic nitrogens is 1. The van der Waals surface area contributed by atoms with E-state index in [0.717, 1.165) is 11.4 Å². The van der Waals surface area contributed by atoms with E-state index in [1.54, 1.807) is 6.20 Å². The molecular formula is C13H19N3O3S. The van der Waals surface area contributed by atoms with Crippen LogP contribution in [0, 0.1) is 5.92 Å². The SMILES string of the molecule is CC1CCN(C(=O)NC(C)c2nccs2)C(C(=O)O)C1. The van der Waals surface area contributed by atoms with E-state index in [1.165, 1.54) is 16.2 Å². The van der Waals surface area contributed by atoms with Crippen molar-refractivity contribution < 1.29 is 14.7 Å². The van der Waals surface area contributed by atoms with Crippen molar-refractivity contribution >= 4 is 23.3 Å². The summed E-state index contributed by atoms with van der Waals surface area (Å²) in [5, 5.41) is 14.7. The Bertz CT molecular complexity index is 477. The summed E-state index contributed by atoms with van der Waals surface area (Å²) in [6.45, 7) is 4.34. The molecule has 3 unspecified atom stereocenters. The number of hydrogen-bond donors (Lipinski definition) is 2. The van der Waals surface area contributed by atoms with Crippen molar-refractivity contribution in [1.82, 2.24) is 15.2 Å². The minimum absolute atomic E-state index is 0.212.